The Morgan fingerprint density at radius 3 is 3.14 bits per heavy atom. The molecule has 3 rings (SSSR count). The molecule has 2 N–H and O–H groups in total. The van der Waals surface area contributed by atoms with Crippen molar-refractivity contribution in [2.45, 2.75) is 19.0 Å². The smallest absolute Gasteiger partial charge is 0.405 e. The standard InChI is InChI=1S/C12H11ClN4O3S/c13-10-9-8(14-5-15-10)6(4-21-9)3-17-2-1-7(11(17)18)16-12(19)20/h4-5,7,16H,1-3H2,(H,19,20). The molecule has 0 aliphatic carbocycles. The average molecular weight is 327 g/mol. The zero-order valence-corrected chi connectivity index (χ0v) is 12.3. The van der Waals surface area contributed by atoms with Crippen LogP contribution in [0.25, 0.3) is 10.2 Å². The summed E-state index contributed by atoms with van der Waals surface area (Å²) in [5.74, 6) is -0.211. The highest BCUT2D eigenvalue weighted by Crippen LogP contribution is 2.30. The zero-order valence-electron chi connectivity index (χ0n) is 10.7. The fraction of sp³-hybridized carbons (Fsp3) is 0.333. The Morgan fingerprint density at radius 2 is 2.38 bits per heavy atom. The van der Waals surface area contributed by atoms with Crippen LogP contribution in [0.5, 0.6) is 0 Å². The van der Waals surface area contributed by atoms with E-state index in [0.717, 1.165) is 15.8 Å². The van der Waals surface area contributed by atoms with Gasteiger partial charge in [-0.1, -0.05) is 11.6 Å². The molecular formula is C12H11ClN4O3S. The lowest BCUT2D eigenvalue weighted by Gasteiger charge is -2.16. The van der Waals surface area contributed by atoms with Crippen LogP contribution in [0.3, 0.4) is 0 Å². The van der Waals surface area contributed by atoms with Crippen molar-refractivity contribution in [3.63, 3.8) is 0 Å². The lowest BCUT2D eigenvalue weighted by Crippen LogP contribution is -2.40. The van der Waals surface area contributed by atoms with Gasteiger partial charge in [0, 0.05) is 18.7 Å². The number of amides is 2. The highest BCUT2D eigenvalue weighted by Gasteiger charge is 2.33. The Balaban J connectivity index is 1.79. The molecule has 7 nitrogen and oxygen atoms in total. The summed E-state index contributed by atoms with van der Waals surface area (Å²) in [4.78, 5) is 32.5. The fourth-order valence-electron chi connectivity index (χ4n) is 2.37. The van der Waals surface area contributed by atoms with E-state index in [2.05, 4.69) is 15.3 Å². The van der Waals surface area contributed by atoms with Crippen LogP contribution < -0.4 is 5.32 Å². The van der Waals surface area contributed by atoms with Crippen LogP contribution >= 0.6 is 22.9 Å². The molecule has 0 spiro atoms. The van der Waals surface area contributed by atoms with E-state index in [1.807, 2.05) is 5.38 Å². The van der Waals surface area contributed by atoms with Crippen molar-refractivity contribution in [2.75, 3.05) is 6.54 Å². The van der Waals surface area contributed by atoms with E-state index < -0.39 is 12.1 Å². The molecule has 1 aliphatic rings. The monoisotopic (exact) mass is 326 g/mol. The van der Waals surface area contributed by atoms with Crippen molar-refractivity contribution in [2.24, 2.45) is 0 Å². The van der Waals surface area contributed by atoms with Crippen LogP contribution in [0, 0.1) is 0 Å². The van der Waals surface area contributed by atoms with Gasteiger partial charge >= 0.3 is 6.09 Å². The summed E-state index contributed by atoms with van der Waals surface area (Å²) < 4.78 is 0.793. The number of hydrogen-bond donors (Lipinski definition) is 2. The molecule has 2 aromatic heterocycles. The van der Waals surface area contributed by atoms with Crippen LogP contribution in [0.4, 0.5) is 4.79 Å². The second-order valence-corrected chi connectivity index (χ2v) is 5.89. The molecule has 3 heterocycles. The van der Waals surface area contributed by atoms with Crippen molar-refractivity contribution in [3.8, 4) is 0 Å². The quantitative estimate of drug-likeness (QED) is 0.837. The third-order valence-electron chi connectivity index (χ3n) is 3.34. The largest absolute Gasteiger partial charge is 0.465 e. The van der Waals surface area contributed by atoms with Gasteiger partial charge in [-0.2, -0.15) is 0 Å². The van der Waals surface area contributed by atoms with E-state index in [9.17, 15) is 9.59 Å². The van der Waals surface area contributed by atoms with Crippen molar-refractivity contribution < 1.29 is 14.7 Å². The van der Waals surface area contributed by atoms with Crippen LogP contribution in [0.2, 0.25) is 5.15 Å². The highest BCUT2D eigenvalue weighted by molar-refractivity contribution is 7.18. The van der Waals surface area contributed by atoms with E-state index in [-0.39, 0.29) is 5.91 Å². The summed E-state index contributed by atoms with van der Waals surface area (Å²) in [6.07, 6.45) is 0.681. The summed E-state index contributed by atoms with van der Waals surface area (Å²) in [6, 6.07) is -0.661. The van der Waals surface area contributed by atoms with Gasteiger partial charge in [0.15, 0.2) is 0 Å². The highest BCUT2D eigenvalue weighted by atomic mass is 35.5. The molecule has 2 aromatic rings. The van der Waals surface area contributed by atoms with Gasteiger partial charge in [0.1, 0.15) is 17.5 Å². The Labute approximate surface area is 128 Å². The Hall–Kier alpha value is -1.93. The van der Waals surface area contributed by atoms with Gasteiger partial charge in [-0.15, -0.1) is 11.3 Å². The number of carbonyl (C=O) groups is 2. The Bertz CT molecular complexity index is 720. The Kier molecular flexibility index (Phi) is 3.64. The van der Waals surface area contributed by atoms with Crippen molar-refractivity contribution in [1.29, 1.82) is 0 Å². The number of aromatic nitrogens is 2. The molecule has 0 radical (unpaired) electrons. The number of halogens is 1. The molecule has 0 bridgehead atoms. The summed E-state index contributed by atoms with van der Waals surface area (Å²) >= 11 is 7.43. The second-order valence-electron chi connectivity index (χ2n) is 4.65. The summed E-state index contributed by atoms with van der Waals surface area (Å²) in [7, 11) is 0. The van der Waals surface area contributed by atoms with E-state index in [1.165, 1.54) is 17.7 Å². The molecule has 1 atom stereocenters. The second kappa shape index (κ2) is 5.45. The van der Waals surface area contributed by atoms with Gasteiger partial charge < -0.3 is 15.3 Å². The lowest BCUT2D eigenvalue weighted by molar-refractivity contribution is -0.129. The molecule has 1 fully saturated rings. The number of nitrogens with one attached hydrogen (secondary N) is 1. The first-order chi connectivity index (χ1) is 10.1. The molecule has 21 heavy (non-hydrogen) atoms. The number of nitrogens with zero attached hydrogens (tertiary/aromatic N) is 3. The number of hydrogen-bond acceptors (Lipinski definition) is 5. The van der Waals surface area contributed by atoms with Gasteiger partial charge in [-0.3, -0.25) is 4.79 Å². The maximum Gasteiger partial charge on any atom is 0.405 e. The average Bonchev–Trinajstić information content (AvgIpc) is 2.98. The SMILES string of the molecule is O=C(O)NC1CCN(Cc2csc3c(Cl)ncnc23)C1=O. The van der Waals surface area contributed by atoms with Crippen LogP contribution in [0.15, 0.2) is 11.7 Å². The molecule has 0 saturated carbocycles. The van der Waals surface area contributed by atoms with Gasteiger partial charge in [0.2, 0.25) is 5.91 Å². The normalized spacial score (nSPS) is 18.4. The molecule has 110 valence electrons. The van der Waals surface area contributed by atoms with Crippen LogP contribution in [-0.2, 0) is 11.3 Å². The molecule has 1 saturated heterocycles. The minimum Gasteiger partial charge on any atom is -0.465 e. The third-order valence-corrected chi connectivity index (χ3v) is 4.76. The summed E-state index contributed by atoms with van der Waals surface area (Å²) in [6.45, 7) is 0.907. The van der Waals surface area contributed by atoms with E-state index in [4.69, 9.17) is 16.7 Å². The van der Waals surface area contributed by atoms with E-state index in [0.29, 0.717) is 24.7 Å². The topological polar surface area (TPSA) is 95.4 Å². The van der Waals surface area contributed by atoms with Crippen molar-refractivity contribution in [1.82, 2.24) is 20.2 Å². The number of carboxylic acid groups (broad SMARTS) is 1. The third kappa shape index (κ3) is 2.64. The first-order valence-corrected chi connectivity index (χ1v) is 7.47. The van der Waals surface area contributed by atoms with Gasteiger partial charge in [-0.05, 0) is 11.8 Å². The number of likely N-dealkylation sites (tertiary alicyclic amines) is 1. The maximum atomic E-state index is 12.1. The molecule has 2 amide bonds. The zero-order chi connectivity index (χ0) is 15.0. The minimum absolute atomic E-state index is 0.211. The van der Waals surface area contributed by atoms with Crippen molar-refractivity contribution in [3.05, 3.63) is 22.4 Å². The first-order valence-electron chi connectivity index (χ1n) is 6.21. The lowest BCUT2D eigenvalue weighted by atomic mass is 10.2. The number of fused-ring (bicyclic) bond motifs is 1. The van der Waals surface area contributed by atoms with E-state index >= 15 is 0 Å². The molecule has 9 heteroatoms. The predicted molar refractivity (Wildman–Crippen MR) is 77.4 cm³/mol. The summed E-state index contributed by atoms with van der Waals surface area (Å²) in [5.41, 5.74) is 1.63. The first kappa shape index (κ1) is 14.0. The fourth-order valence-corrected chi connectivity index (χ4v) is 3.53. The maximum absolute atomic E-state index is 12.1. The predicted octanol–water partition coefficient (Wildman–Crippen LogP) is 1.71. The minimum atomic E-state index is -1.18. The molecular weight excluding hydrogens is 316 g/mol. The van der Waals surface area contributed by atoms with Crippen molar-refractivity contribution >= 4 is 45.2 Å². The van der Waals surface area contributed by atoms with E-state index in [1.54, 1.807) is 4.90 Å². The molecule has 0 aromatic carbocycles. The number of carbonyl (C=O) groups excluding carboxylic acids is 1. The van der Waals surface area contributed by atoms with Gasteiger partial charge in [0.05, 0.1) is 10.2 Å². The van der Waals surface area contributed by atoms with Crippen LogP contribution in [0.1, 0.15) is 12.0 Å². The van der Waals surface area contributed by atoms with Gasteiger partial charge in [-0.25, -0.2) is 14.8 Å². The van der Waals surface area contributed by atoms with Crippen LogP contribution in [-0.4, -0.2) is 44.6 Å². The summed E-state index contributed by atoms with van der Waals surface area (Å²) in [5, 5.41) is 13.2. The van der Waals surface area contributed by atoms with Gasteiger partial charge in [0.25, 0.3) is 0 Å². The molecule has 1 aliphatic heterocycles. The number of thiophene rings is 1. The Morgan fingerprint density at radius 1 is 1.57 bits per heavy atom. The molecule has 1 unspecified atom stereocenters. The number of rotatable bonds is 3.